The molecule has 2 aromatic carbocycles. The molecule has 0 aliphatic carbocycles. The molecule has 0 unspecified atom stereocenters. The molecule has 4 heterocycles. The summed E-state index contributed by atoms with van der Waals surface area (Å²) in [5, 5.41) is -0.184. The van der Waals surface area contributed by atoms with Gasteiger partial charge in [0.1, 0.15) is 24.1 Å². The van der Waals surface area contributed by atoms with E-state index >= 15 is 4.39 Å². The van der Waals surface area contributed by atoms with Crippen molar-refractivity contribution in [3.8, 4) is 17.1 Å². The Morgan fingerprint density at radius 1 is 1.18 bits per heavy atom. The van der Waals surface area contributed by atoms with Crippen LogP contribution in [0.4, 0.5) is 31.5 Å². The number of thiazole rings is 1. The number of anilines is 1. The molecular formula is C27H25F6N5OS. The van der Waals surface area contributed by atoms with Crippen molar-refractivity contribution in [3.63, 3.8) is 0 Å². The first kappa shape index (κ1) is 27.0. The second-order valence-corrected chi connectivity index (χ2v) is 11.8. The van der Waals surface area contributed by atoms with Crippen LogP contribution in [0.25, 0.3) is 32.2 Å². The van der Waals surface area contributed by atoms with Crippen LogP contribution in [-0.4, -0.2) is 51.3 Å². The van der Waals surface area contributed by atoms with Crippen molar-refractivity contribution < 1.29 is 31.1 Å². The lowest BCUT2D eigenvalue weighted by atomic mass is 9.93. The van der Waals surface area contributed by atoms with Crippen LogP contribution in [0.15, 0.2) is 18.2 Å². The first-order valence-corrected chi connectivity index (χ1v) is 13.7. The zero-order chi connectivity index (χ0) is 28.6. The molecule has 0 radical (unpaired) electrons. The molecular weight excluding hydrogens is 556 g/mol. The molecule has 0 spiro atoms. The zero-order valence-corrected chi connectivity index (χ0v) is 22.4. The Hall–Kier alpha value is -3.19. The van der Waals surface area contributed by atoms with E-state index < -0.39 is 46.6 Å². The molecule has 6 nitrogen and oxygen atoms in total. The maximum atomic E-state index is 16.4. The third-order valence-electron chi connectivity index (χ3n) is 7.80. The van der Waals surface area contributed by atoms with Crippen LogP contribution in [0, 0.1) is 11.6 Å². The molecule has 0 amide bonds. The summed E-state index contributed by atoms with van der Waals surface area (Å²) in [7, 11) is 0. The maximum absolute atomic E-state index is 16.4. The second kappa shape index (κ2) is 9.44. The van der Waals surface area contributed by atoms with Gasteiger partial charge in [0.15, 0.2) is 10.9 Å². The lowest BCUT2D eigenvalue weighted by molar-refractivity contribution is -0.137. The van der Waals surface area contributed by atoms with E-state index in [0.29, 0.717) is 13.0 Å². The molecule has 2 aliphatic heterocycles. The van der Waals surface area contributed by atoms with Gasteiger partial charge in [-0.25, -0.2) is 18.2 Å². The van der Waals surface area contributed by atoms with Crippen LogP contribution < -0.4 is 10.5 Å². The van der Waals surface area contributed by atoms with Gasteiger partial charge in [0.25, 0.3) is 0 Å². The summed E-state index contributed by atoms with van der Waals surface area (Å²) in [6.07, 6.45) is -4.05. The zero-order valence-electron chi connectivity index (χ0n) is 21.6. The molecule has 212 valence electrons. The van der Waals surface area contributed by atoms with Crippen molar-refractivity contribution in [1.29, 1.82) is 0 Å². The van der Waals surface area contributed by atoms with Crippen LogP contribution in [0.3, 0.4) is 0 Å². The number of nitrogens with zero attached hydrogens (tertiary/aromatic N) is 4. The van der Waals surface area contributed by atoms with Gasteiger partial charge >= 0.3 is 12.2 Å². The van der Waals surface area contributed by atoms with Crippen LogP contribution >= 0.6 is 11.3 Å². The Morgan fingerprint density at radius 2 is 1.95 bits per heavy atom. The van der Waals surface area contributed by atoms with Crippen LogP contribution in [0.1, 0.15) is 50.3 Å². The van der Waals surface area contributed by atoms with Gasteiger partial charge in [-0.1, -0.05) is 25.2 Å². The van der Waals surface area contributed by atoms with Crippen molar-refractivity contribution in [2.75, 3.05) is 25.4 Å². The van der Waals surface area contributed by atoms with Crippen LogP contribution in [0.2, 0.25) is 0 Å². The van der Waals surface area contributed by atoms with E-state index in [9.17, 15) is 22.0 Å². The predicted molar refractivity (Wildman–Crippen MR) is 140 cm³/mol. The fourth-order valence-corrected chi connectivity index (χ4v) is 6.83. The third-order valence-corrected chi connectivity index (χ3v) is 8.70. The highest BCUT2D eigenvalue weighted by molar-refractivity contribution is 7.22. The number of aromatic nitrogens is 3. The summed E-state index contributed by atoms with van der Waals surface area (Å²) in [4.78, 5) is 14.6. The lowest BCUT2D eigenvalue weighted by Crippen LogP contribution is -2.43. The highest BCUT2D eigenvalue weighted by atomic mass is 32.1. The lowest BCUT2D eigenvalue weighted by Gasteiger charge is -2.30. The number of benzene rings is 2. The number of halogens is 6. The maximum Gasteiger partial charge on any atom is 0.417 e. The number of ether oxygens (including phenoxy) is 1. The Balaban J connectivity index is 1.54. The highest BCUT2D eigenvalue weighted by Gasteiger charge is 2.49. The van der Waals surface area contributed by atoms with E-state index in [0.717, 1.165) is 48.9 Å². The standard InChI is InChI=1S/C27H25F6N5OS/c1-12(2)20-15-8-16(27(31,32)33)18(14-4-5-17(29)23-22(14)35-24(34)40-23)19(30)21(15)37-25(36-20)39-11-26-6-3-7-38(26)10-13(28)9-26/h4-5,8,12-13H,3,6-7,9-11H2,1-2H3,(H2,34,35)/t13-,26+/m1/s1. The average molecular weight is 582 g/mol. The summed E-state index contributed by atoms with van der Waals surface area (Å²) in [6, 6.07) is 2.63. The van der Waals surface area contributed by atoms with E-state index in [2.05, 4.69) is 15.0 Å². The summed E-state index contributed by atoms with van der Waals surface area (Å²) < 4.78 is 94.1. The first-order valence-electron chi connectivity index (χ1n) is 12.9. The topological polar surface area (TPSA) is 77.2 Å². The van der Waals surface area contributed by atoms with Gasteiger partial charge in [-0.2, -0.15) is 23.1 Å². The van der Waals surface area contributed by atoms with Crippen molar-refractivity contribution in [1.82, 2.24) is 19.9 Å². The van der Waals surface area contributed by atoms with Crippen LogP contribution in [-0.2, 0) is 6.18 Å². The largest absolute Gasteiger partial charge is 0.461 e. The van der Waals surface area contributed by atoms with Gasteiger partial charge in [0, 0.05) is 29.5 Å². The summed E-state index contributed by atoms with van der Waals surface area (Å²) in [5.74, 6) is -2.40. The van der Waals surface area contributed by atoms with E-state index in [-0.39, 0.29) is 50.1 Å². The van der Waals surface area contributed by atoms with E-state index in [1.807, 2.05) is 4.90 Å². The smallest absolute Gasteiger partial charge is 0.417 e. The molecule has 2 fully saturated rings. The van der Waals surface area contributed by atoms with Crippen molar-refractivity contribution in [2.24, 2.45) is 0 Å². The second-order valence-electron chi connectivity index (χ2n) is 10.7. The van der Waals surface area contributed by atoms with Gasteiger partial charge in [0.05, 0.1) is 27.0 Å². The molecule has 4 aromatic rings. The fraction of sp³-hybridized carbons (Fsp3) is 0.444. The molecule has 40 heavy (non-hydrogen) atoms. The van der Waals surface area contributed by atoms with Gasteiger partial charge in [-0.3, -0.25) is 4.90 Å². The van der Waals surface area contributed by atoms with E-state index in [1.54, 1.807) is 13.8 Å². The van der Waals surface area contributed by atoms with Gasteiger partial charge in [-0.05, 0) is 43.5 Å². The number of nitrogens with two attached hydrogens (primary N) is 1. The Kier molecular flexibility index (Phi) is 6.37. The van der Waals surface area contributed by atoms with Crippen molar-refractivity contribution in [2.45, 2.75) is 56.9 Å². The van der Waals surface area contributed by atoms with E-state index in [1.165, 1.54) is 0 Å². The number of nitrogen functional groups attached to an aromatic ring is 1. The number of rotatable bonds is 5. The molecule has 6 rings (SSSR count). The highest BCUT2D eigenvalue weighted by Crippen LogP contribution is 2.46. The molecule has 2 aliphatic rings. The fourth-order valence-electron chi connectivity index (χ4n) is 6.06. The van der Waals surface area contributed by atoms with Gasteiger partial charge in [-0.15, -0.1) is 0 Å². The quantitative estimate of drug-likeness (QED) is 0.260. The third kappa shape index (κ3) is 4.33. The molecule has 0 saturated carbocycles. The molecule has 0 bridgehead atoms. The Morgan fingerprint density at radius 3 is 2.67 bits per heavy atom. The average Bonchev–Trinajstić information content (AvgIpc) is 3.54. The number of hydrogen-bond donors (Lipinski definition) is 1. The van der Waals surface area contributed by atoms with E-state index in [4.69, 9.17) is 10.5 Å². The molecule has 2 N–H and O–H groups in total. The monoisotopic (exact) mass is 581 g/mol. The number of hydrogen-bond acceptors (Lipinski definition) is 7. The van der Waals surface area contributed by atoms with Gasteiger partial charge in [0.2, 0.25) is 0 Å². The van der Waals surface area contributed by atoms with Crippen molar-refractivity contribution in [3.05, 3.63) is 41.1 Å². The van der Waals surface area contributed by atoms with Gasteiger partial charge < -0.3 is 10.5 Å². The first-order chi connectivity index (χ1) is 18.9. The minimum Gasteiger partial charge on any atom is -0.461 e. The summed E-state index contributed by atoms with van der Waals surface area (Å²) >= 11 is 0.757. The molecule has 2 saturated heterocycles. The van der Waals surface area contributed by atoms with Crippen LogP contribution in [0.5, 0.6) is 6.01 Å². The Labute approximate surface area is 229 Å². The molecule has 13 heteroatoms. The van der Waals surface area contributed by atoms with Crippen molar-refractivity contribution >= 4 is 37.6 Å². The molecule has 2 aromatic heterocycles. The summed E-state index contributed by atoms with van der Waals surface area (Å²) in [5.41, 5.74) is 2.49. The number of alkyl halides is 4. The molecule has 2 atom stereocenters. The normalized spacial score (nSPS) is 21.7. The number of fused-ring (bicyclic) bond motifs is 3. The summed E-state index contributed by atoms with van der Waals surface area (Å²) in [6.45, 7) is 4.56. The minimum absolute atomic E-state index is 0.0704. The SMILES string of the molecule is CC(C)c1nc(OC[C@@]23CCCN2C[C@H](F)C3)nc2c(F)c(-c3ccc(F)c4sc(N)nc34)c(C(F)(F)F)cc12. The minimum atomic E-state index is -4.97. The predicted octanol–water partition coefficient (Wildman–Crippen LogP) is 6.86. The Bertz CT molecular complexity index is 1640.